The van der Waals surface area contributed by atoms with Gasteiger partial charge < -0.3 is 5.43 Å². The third-order valence-electron chi connectivity index (χ3n) is 3.55. The van der Waals surface area contributed by atoms with Crippen molar-refractivity contribution in [3.05, 3.63) is 90.0 Å². The average molecular weight is 299 g/mol. The highest BCUT2D eigenvalue weighted by molar-refractivity contribution is 5.65. The molecule has 0 fully saturated rings. The van der Waals surface area contributed by atoms with Crippen LogP contribution in [0.4, 0.5) is 5.69 Å². The monoisotopic (exact) mass is 299 g/mol. The van der Waals surface area contributed by atoms with Gasteiger partial charge in [-0.1, -0.05) is 48.5 Å². The number of nitrogens with zero attached hydrogens (tertiary/aromatic N) is 1. The number of hydrogen-bond acceptors (Lipinski definition) is 3. The van der Waals surface area contributed by atoms with E-state index in [0.717, 1.165) is 16.8 Å². The summed E-state index contributed by atoms with van der Waals surface area (Å²) in [5.74, 6) is 0. The molecule has 3 rings (SSSR count). The lowest BCUT2D eigenvalue weighted by molar-refractivity contribution is 0.802. The minimum atomic E-state index is 0.678. The number of nitrogens with one attached hydrogen (secondary N) is 2. The molecule has 3 aromatic carbocycles. The number of hydrogen-bond donors (Lipinski definition) is 2. The molecule has 3 nitrogen and oxygen atoms in total. The molecule has 3 aromatic rings. The molecule has 0 aliphatic carbocycles. The largest absolute Gasteiger partial charge is 0.321 e. The quantitative estimate of drug-likeness (QED) is 0.689. The van der Waals surface area contributed by atoms with Gasteiger partial charge in [0.2, 0.25) is 0 Å². The van der Waals surface area contributed by atoms with E-state index >= 15 is 0 Å². The van der Waals surface area contributed by atoms with Crippen LogP contribution >= 0.6 is 0 Å². The smallest absolute Gasteiger partial charge is 0.0991 e. The van der Waals surface area contributed by atoms with Gasteiger partial charge in [0.1, 0.15) is 0 Å². The van der Waals surface area contributed by atoms with Crippen molar-refractivity contribution in [3.63, 3.8) is 0 Å². The first-order valence-electron chi connectivity index (χ1n) is 7.48. The maximum absolute atomic E-state index is 9.02. The van der Waals surface area contributed by atoms with Gasteiger partial charge in [-0.3, -0.25) is 0 Å². The molecule has 0 aromatic heterocycles. The van der Waals surface area contributed by atoms with Gasteiger partial charge >= 0.3 is 0 Å². The van der Waals surface area contributed by atoms with Crippen molar-refractivity contribution in [1.29, 1.82) is 5.26 Å². The van der Waals surface area contributed by atoms with Crippen molar-refractivity contribution >= 4 is 5.69 Å². The van der Waals surface area contributed by atoms with Gasteiger partial charge in [0.25, 0.3) is 0 Å². The van der Waals surface area contributed by atoms with E-state index in [1.54, 1.807) is 0 Å². The Kier molecular flexibility index (Phi) is 4.68. The van der Waals surface area contributed by atoms with Crippen LogP contribution < -0.4 is 10.9 Å². The summed E-state index contributed by atoms with van der Waals surface area (Å²) in [7, 11) is 0. The molecular weight excluding hydrogens is 282 g/mol. The topological polar surface area (TPSA) is 47.9 Å². The summed E-state index contributed by atoms with van der Waals surface area (Å²) in [6.07, 6.45) is 0. The Morgan fingerprint density at radius 1 is 0.783 bits per heavy atom. The fourth-order valence-corrected chi connectivity index (χ4v) is 2.40. The Morgan fingerprint density at radius 2 is 1.52 bits per heavy atom. The first-order chi connectivity index (χ1) is 11.3. The summed E-state index contributed by atoms with van der Waals surface area (Å²) in [5, 5.41) is 9.02. The Labute approximate surface area is 136 Å². The summed E-state index contributed by atoms with van der Waals surface area (Å²) in [6, 6.07) is 28.2. The molecule has 0 saturated heterocycles. The molecule has 2 N–H and O–H groups in total. The van der Waals surface area contributed by atoms with E-state index in [0.29, 0.717) is 12.1 Å². The Balaban J connectivity index is 1.69. The summed E-state index contributed by atoms with van der Waals surface area (Å²) >= 11 is 0. The molecule has 0 heterocycles. The van der Waals surface area contributed by atoms with Crippen molar-refractivity contribution in [2.24, 2.45) is 0 Å². The predicted molar refractivity (Wildman–Crippen MR) is 93.5 cm³/mol. The van der Waals surface area contributed by atoms with Gasteiger partial charge in [-0.25, -0.2) is 5.43 Å². The van der Waals surface area contributed by atoms with E-state index < -0.39 is 0 Å². The zero-order valence-corrected chi connectivity index (χ0v) is 12.7. The number of hydrazine groups is 1. The van der Waals surface area contributed by atoms with Crippen LogP contribution in [-0.4, -0.2) is 0 Å². The van der Waals surface area contributed by atoms with Crippen LogP contribution in [0, 0.1) is 11.3 Å². The van der Waals surface area contributed by atoms with Crippen LogP contribution in [0.25, 0.3) is 11.1 Å². The Hall–Kier alpha value is -3.09. The normalized spacial score (nSPS) is 10.0. The van der Waals surface area contributed by atoms with E-state index in [1.807, 2.05) is 60.7 Å². The highest BCUT2D eigenvalue weighted by Gasteiger charge is 2.01. The molecule has 0 spiro atoms. The van der Waals surface area contributed by atoms with Crippen LogP contribution in [0.1, 0.15) is 11.1 Å². The zero-order chi connectivity index (χ0) is 15.9. The third kappa shape index (κ3) is 3.97. The molecule has 23 heavy (non-hydrogen) atoms. The molecular formula is C20H17N3. The van der Waals surface area contributed by atoms with E-state index in [-0.39, 0.29) is 0 Å². The molecule has 0 saturated carbocycles. The van der Waals surface area contributed by atoms with E-state index in [1.165, 1.54) is 5.56 Å². The minimum absolute atomic E-state index is 0.678. The van der Waals surface area contributed by atoms with Gasteiger partial charge in [0.15, 0.2) is 0 Å². The van der Waals surface area contributed by atoms with E-state index in [4.69, 9.17) is 5.26 Å². The fraction of sp³-hybridized carbons (Fsp3) is 0.0500. The first-order valence-corrected chi connectivity index (χ1v) is 7.48. The summed E-state index contributed by atoms with van der Waals surface area (Å²) in [6.45, 7) is 0.709. The lowest BCUT2D eigenvalue weighted by Crippen LogP contribution is -2.20. The number of anilines is 1. The van der Waals surface area contributed by atoms with Gasteiger partial charge in [-0.05, 0) is 47.0 Å². The van der Waals surface area contributed by atoms with Gasteiger partial charge in [-0.2, -0.15) is 5.26 Å². The SMILES string of the molecule is N#Cc1cccc(-c2cccc(CNNc3ccccc3)c2)c1. The highest BCUT2D eigenvalue weighted by Crippen LogP contribution is 2.21. The molecule has 3 heteroatoms. The zero-order valence-electron chi connectivity index (χ0n) is 12.7. The summed E-state index contributed by atoms with van der Waals surface area (Å²) < 4.78 is 0. The fourth-order valence-electron chi connectivity index (χ4n) is 2.40. The Bertz CT molecular complexity index is 820. The van der Waals surface area contributed by atoms with Crippen LogP contribution in [-0.2, 0) is 6.54 Å². The molecule has 0 radical (unpaired) electrons. The maximum atomic E-state index is 9.02. The summed E-state index contributed by atoms with van der Waals surface area (Å²) in [4.78, 5) is 0. The lowest BCUT2D eigenvalue weighted by atomic mass is 10.0. The van der Waals surface area contributed by atoms with Crippen molar-refractivity contribution in [2.75, 3.05) is 5.43 Å². The van der Waals surface area contributed by atoms with Gasteiger partial charge in [0.05, 0.1) is 11.6 Å². The van der Waals surface area contributed by atoms with Crippen LogP contribution in [0.5, 0.6) is 0 Å². The number of rotatable bonds is 5. The van der Waals surface area contributed by atoms with E-state index in [9.17, 15) is 0 Å². The molecule has 0 amide bonds. The molecule has 0 atom stereocenters. The molecule has 112 valence electrons. The van der Waals surface area contributed by atoms with Gasteiger partial charge in [-0.15, -0.1) is 0 Å². The number of nitriles is 1. The second-order valence-electron chi connectivity index (χ2n) is 5.24. The average Bonchev–Trinajstić information content (AvgIpc) is 2.63. The molecule has 0 bridgehead atoms. The van der Waals surface area contributed by atoms with E-state index in [2.05, 4.69) is 35.1 Å². The predicted octanol–water partition coefficient (Wildman–Crippen LogP) is 4.34. The molecule has 0 aliphatic heterocycles. The Morgan fingerprint density at radius 3 is 2.30 bits per heavy atom. The van der Waals surface area contributed by atoms with Crippen LogP contribution in [0.2, 0.25) is 0 Å². The first kappa shape index (κ1) is 14.8. The minimum Gasteiger partial charge on any atom is -0.321 e. The van der Waals surface area contributed by atoms with Crippen LogP contribution in [0.3, 0.4) is 0 Å². The standard InChI is InChI=1S/C20H17N3/c21-14-16-6-4-8-18(12-16)19-9-5-7-17(13-19)15-22-23-20-10-2-1-3-11-20/h1-13,22-23H,15H2. The van der Waals surface area contributed by atoms with Crippen molar-refractivity contribution in [2.45, 2.75) is 6.54 Å². The second-order valence-corrected chi connectivity index (χ2v) is 5.24. The number of benzene rings is 3. The lowest BCUT2D eigenvalue weighted by Gasteiger charge is -2.10. The van der Waals surface area contributed by atoms with Crippen molar-refractivity contribution < 1.29 is 0 Å². The van der Waals surface area contributed by atoms with Crippen molar-refractivity contribution in [3.8, 4) is 17.2 Å². The summed E-state index contributed by atoms with van der Waals surface area (Å²) in [5.41, 5.74) is 11.4. The maximum Gasteiger partial charge on any atom is 0.0991 e. The highest BCUT2D eigenvalue weighted by atomic mass is 15.3. The van der Waals surface area contributed by atoms with Gasteiger partial charge in [0, 0.05) is 12.2 Å². The second kappa shape index (κ2) is 7.26. The molecule has 0 unspecified atom stereocenters. The third-order valence-corrected chi connectivity index (χ3v) is 3.55. The van der Waals surface area contributed by atoms with Crippen molar-refractivity contribution in [1.82, 2.24) is 5.43 Å². The number of para-hydroxylation sites is 1. The molecule has 0 aliphatic rings. The van der Waals surface area contributed by atoms with Crippen LogP contribution in [0.15, 0.2) is 78.9 Å².